The minimum Gasteiger partial charge on any atom is -0.340 e. The van der Waals surface area contributed by atoms with Gasteiger partial charge in [0.1, 0.15) is 0 Å². The summed E-state index contributed by atoms with van der Waals surface area (Å²) < 4.78 is 5.33. The highest BCUT2D eigenvalue weighted by Crippen LogP contribution is 2.21. The molecule has 0 bridgehead atoms. The summed E-state index contributed by atoms with van der Waals surface area (Å²) in [4.78, 5) is 21.8. The van der Waals surface area contributed by atoms with Gasteiger partial charge in [-0.1, -0.05) is 11.2 Å². The van der Waals surface area contributed by atoms with Crippen LogP contribution in [0.4, 0.5) is 0 Å². The molecular formula is C17H25N5O2S. The number of piperazine rings is 1. The number of nitrogens with two attached hydrogens (primary N) is 1. The average molecular weight is 363 g/mol. The number of rotatable bonds is 8. The van der Waals surface area contributed by atoms with Gasteiger partial charge in [0.2, 0.25) is 17.6 Å². The van der Waals surface area contributed by atoms with Crippen molar-refractivity contribution in [2.45, 2.75) is 25.7 Å². The van der Waals surface area contributed by atoms with Crippen LogP contribution in [-0.2, 0) is 11.2 Å². The van der Waals surface area contributed by atoms with E-state index in [1.54, 1.807) is 11.3 Å². The maximum atomic E-state index is 12.0. The molecule has 25 heavy (non-hydrogen) atoms. The summed E-state index contributed by atoms with van der Waals surface area (Å²) in [5, 5.41) is 6.04. The van der Waals surface area contributed by atoms with E-state index in [0.29, 0.717) is 24.7 Å². The van der Waals surface area contributed by atoms with Crippen LogP contribution in [0, 0.1) is 0 Å². The highest BCUT2D eigenvalue weighted by atomic mass is 32.1. The zero-order chi connectivity index (χ0) is 17.5. The Bertz CT molecular complexity index is 650. The molecule has 8 heteroatoms. The molecule has 0 saturated carbocycles. The van der Waals surface area contributed by atoms with Gasteiger partial charge in [-0.25, -0.2) is 0 Å². The third-order valence-corrected chi connectivity index (χ3v) is 5.26. The molecule has 2 aromatic rings. The number of amides is 1. The zero-order valence-corrected chi connectivity index (χ0v) is 15.2. The topological polar surface area (TPSA) is 88.5 Å². The Kier molecular flexibility index (Phi) is 6.55. The number of hydrogen-bond acceptors (Lipinski definition) is 7. The molecule has 0 unspecified atom stereocenters. The second kappa shape index (κ2) is 9.07. The van der Waals surface area contributed by atoms with Crippen LogP contribution in [0.2, 0.25) is 0 Å². The van der Waals surface area contributed by atoms with Crippen LogP contribution in [0.15, 0.2) is 22.0 Å². The molecule has 2 N–H and O–H groups in total. The van der Waals surface area contributed by atoms with Gasteiger partial charge >= 0.3 is 0 Å². The maximum absolute atomic E-state index is 12.0. The summed E-state index contributed by atoms with van der Waals surface area (Å²) in [5.41, 5.74) is 5.46. The third kappa shape index (κ3) is 5.10. The molecule has 1 saturated heterocycles. The Labute approximate surface area is 151 Å². The van der Waals surface area contributed by atoms with E-state index in [2.05, 4.69) is 15.0 Å². The van der Waals surface area contributed by atoms with Crippen molar-refractivity contribution in [2.75, 3.05) is 39.3 Å². The molecule has 0 aliphatic carbocycles. The van der Waals surface area contributed by atoms with Gasteiger partial charge in [-0.15, -0.1) is 11.3 Å². The molecule has 0 atom stereocenters. The minimum atomic E-state index is 0.233. The van der Waals surface area contributed by atoms with Crippen LogP contribution in [0.1, 0.15) is 25.2 Å². The lowest BCUT2D eigenvalue weighted by molar-refractivity contribution is -0.133. The lowest BCUT2D eigenvalue weighted by Crippen LogP contribution is -2.48. The van der Waals surface area contributed by atoms with Gasteiger partial charge in [-0.3, -0.25) is 9.69 Å². The number of thiophene rings is 1. The smallest absolute Gasteiger partial charge is 0.227 e. The number of aromatic nitrogens is 2. The second-order valence-corrected chi connectivity index (χ2v) is 7.15. The van der Waals surface area contributed by atoms with Crippen molar-refractivity contribution in [3.05, 3.63) is 23.4 Å². The Hall–Kier alpha value is -1.77. The molecule has 0 spiro atoms. The summed E-state index contributed by atoms with van der Waals surface area (Å²) in [7, 11) is 0. The predicted octanol–water partition coefficient (Wildman–Crippen LogP) is 1.61. The largest absolute Gasteiger partial charge is 0.340 e. The van der Waals surface area contributed by atoms with Crippen LogP contribution in [0.5, 0.6) is 0 Å². The molecule has 1 aliphatic heterocycles. The van der Waals surface area contributed by atoms with Gasteiger partial charge in [0.25, 0.3) is 0 Å². The van der Waals surface area contributed by atoms with Gasteiger partial charge in [-0.2, -0.15) is 4.98 Å². The Balaban J connectivity index is 1.36. The summed E-state index contributed by atoms with van der Waals surface area (Å²) >= 11 is 1.61. The molecule has 0 radical (unpaired) electrons. The number of aryl methyl sites for hydroxylation is 1. The van der Waals surface area contributed by atoms with Crippen molar-refractivity contribution < 1.29 is 9.32 Å². The van der Waals surface area contributed by atoms with E-state index in [0.717, 1.165) is 56.9 Å². The van der Waals surface area contributed by atoms with E-state index in [1.807, 2.05) is 22.4 Å². The fourth-order valence-corrected chi connectivity index (χ4v) is 3.60. The second-order valence-electron chi connectivity index (χ2n) is 6.21. The Morgan fingerprint density at radius 3 is 2.84 bits per heavy atom. The fraction of sp³-hybridized carbons (Fsp3) is 0.588. The van der Waals surface area contributed by atoms with E-state index in [1.165, 1.54) is 0 Å². The van der Waals surface area contributed by atoms with Crippen molar-refractivity contribution in [1.82, 2.24) is 19.9 Å². The quantitative estimate of drug-likeness (QED) is 0.767. The molecule has 2 aromatic heterocycles. The highest BCUT2D eigenvalue weighted by Gasteiger charge is 2.20. The van der Waals surface area contributed by atoms with Gasteiger partial charge in [0.15, 0.2) is 0 Å². The van der Waals surface area contributed by atoms with Crippen LogP contribution in [-0.4, -0.2) is 65.1 Å². The first-order valence-electron chi connectivity index (χ1n) is 8.83. The van der Waals surface area contributed by atoms with Crippen molar-refractivity contribution >= 4 is 17.2 Å². The first kappa shape index (κ1) is 18.0. The normalized spacial score (nSPS) is 15.6. The van der Waals surface area contributed by atoms with Crippen LogP contribution >= 0.6 is 11.3 Å². The summed E-state index contributed by atoms with van der Waals surface area (Å²) in [6.45, 7) is 5.05. The van der Waals surface area contributed by atoms with Crippen molar-refractivity contribution in [3.63, 3.8) is 0 Å². The summed E-state index contributed by atoms with van der Waals surface area (Å²) in [6.07, 6.45) is 3.11. The van der Waals surface area contributed by atoms with Crippen LogP contribution in [0.3, 0.4) is 0 Å². The van der Waals surface area contributed by atoms with E-state index >= 15 is 0 Å². The van der Waals surface area contributed by atoms with Crippen LogP contribution in [0.25, 0.3) is 10.7 Å². The number of nitrogens with zero attached hydrogens (tertiary/aromatic N) is 4. The van der Waals surface area contributed by atoms with E-state index < -0.39 is 0 Å². The average Bonchev–Trinajstić information content (AvgIpc) is 3.31. The van der Waals surface area contributed by atoms with Crippen molar-refractivity contribution in [1.29, 1.82) is 0 Å². The molecule has 3 heterocycles. The molecule has 1 amide bonds. The Morgan fingerprint density at radius 2 is 2.12 bits per heavy atom. The highest BCUT2D eigenvalue weighted by molar-refractivity contribution is 7.13. The van der Waals surface area contributed by atoms with Crippen molar-refractivity contribution in [3.8, 4) is 10.7 Å². The van der Waals surface area contributed by atoms with E-state index in [-0.39, 0.29) is 5.91 Å². The maximum Gasteiger partial charge on any atom is 0.227 e. The molecule has 1 fully saturated rings. The van der Waals surface area contributed by atoms with Crippen molar-refractivity contribution in [2.24, 2.45) is 5.73 Å². The molecular weight excluding hydrogens is 338 g/mol. The van der Waals surface area contributed by atoms with E-state index in [9.17, 15) is 4.79 Å². The fourth-order valence-electron chi connectivity index (χ4n) is 2.95. The predicted molar refractivity (Wildman–Crippen MR) is 97.2 cm³/mol. The first-order chi connectivity index (χ1) is 12.3. The van der Waals surface area contributed by atoms with E-state index in [4.69, 9.17) is 10.3 Å². The summed E-state index contributed by atoms with van der Waals surface area (Å²) in [5.74, 6) is 1.60. The Morgan fingerprint density at radius 1 is 1.28 bits per heavy atom. The molecule has 3 rings (SSSR count). The zero-order valence-electron chi connectivity index (χ0n) is 14.4. The molecule has 7 nitrogen and oxygen atoms in total. The third-order valence-electron chi connectivity index (χ3n) is 4.39. The van der Waals surface area contributed by atoms with Gasteiger partial charge in [0.05, 0.1) is 4.88 Å². The molecule has 0 aromatic carbocycles. The lowest BCUT2D eigenvalue weighted by Gasteiger charge is -2.34. The monoisotopic (exact) mass is 363 g/mol. The van der Waals surface area contributed by atoms with Crippen LogP contribution < -0.4 is 5.73 Å². The van der Waals surface area contributed by atoms with Gasteiger partial charge in [-0.05, 0) is 37.4 Å². The van der Waals surface area contributed by atoms with Gasteiger partial charge in [0, 0.05) is 39.0 Å². The summed E-state index contributed by atoms with van der Waals surface area (Å²) in [6, 6.07) is 3.98. The minimum absolute atomic E-state index is 0.233. The number of hydrogen-bond donors (Lipinski definition) is 1. The first-order valence-corrected chi connectivity index (χ1v) is 9.71. The van der Waals surface area contributed by atoms with Gasteiger partial charge < -0.3 is 15.2 Å². The molecule has 1 aliphatic rings. The SMILES string of the molecule is NCCCC(=O)N1CCN(CCCc2nc(-c3cccs3)no2)CC1. The number of carbonyl (C=O) groups is 1. The lowest BCUT2D eigenvalue weighted by atomic mass is 10.2. The standard InChI is InChI=1S/C17H25N5O2S/c18-7-1-6-16(23)22-11-9-21(10-12-22)8-2-5-15-19-17(20-24-15)14-4-3-13-25-14/h3-4,13H,1-2,5-12,18H2. The molecule has 136 valence electrons. The number of carbonyl (C=O) groups excluding carboxylic acids is 1.